The number of hydrogen-bond acceptors (Lipinski definition) is 7. The highest BCUT2D eigenvalue weighted by atomic mass is 31.2. The van der Waals surface area contributed by atoms with Crippen LogP contribution in [-0.4, -0.2) is 29.5 Å². The Labute approximate surface area is 282 Å². The van der Waals surface area contributed by atoms with E-state index in [-0.39, 0.29) is 22.6 Å². The maximum atomic E-state index is 12.3. The molecule has 10 nitrogen and oxygen atoms in total. The van der Waals surface area contributed by atoms with Crippen LogP contribution < -0.4 is 14.7 Å². The van der Waals surface area contributed by atoms with Gasteiger partial charge >= 0.3 is 7.75 Å². The number of nitrogens with one attached hydrogen (secondary N) is 1. The highest BCUT2D eigenvalue weighted by Gasteiger charge is 2.24. The average Bonchev–Trinajstić information content (AvgIpc) is 3.06. The van der Waals surface area contributed by atoms with Gasteiger partial charge in [-0.25, -0.2) is 4.57 Å². The molecule has 2 unspecified atom stereocenters. The molecule has 0 aliphatic carbocycles. The summed E-state index contributed by atoms with van der Waals surface area (Å²) in [5.74, 6) is 1.41. The Hall–Kier alpha value is -3.43. The minimum atomic E-state index is -4.73. The largest absolute Gasteiger partial charge is 0.491 e. The minimum absolute atomic E-state index is 0.120. The third kappa shape index (κ3) is 14.1. The van der Waals surface area contributed by atoms with Crippen molar-refractivity contribution in [1.29, 1.82) is 10.5 Å². The molecule has 2 aromatic carbocycles. The number of benzene rings is 2. The summed E-state index contributed by atoms with van der Waals surface area (Å²) >= 11 is 0. The zero-order valence-corrected chi connectivity index (χ0v) is 29.9. The van der Waals surface area contributed by atoms with Crippen LogP contribution in [0.15, 0.2) is 40.6 Å². The lowest BCUT2D eigenvalue weighted by molar-refractivity contribution is 0.233. The van der Waals surface area contributed by atoms with Gasteiger partial charge in [0.05, 0.1) is 35.2 Å². The second-order valence-electron chi connectivity index (χ2n) is 12.3. The van der Waals surface area contributed by atoms with Gasteiger partial charge in [0.1, 0.15) is 23.2 Å². The van der Waals surface area contributed by atoms with E-state index in [2.05, 4.69) is 54.8 Å². The predicted molar refractivity (Wildman–Crippen MR) is 191 cm³/mol. The summed E-state index contributed by atoms with van der Waals surface area (Å²) in [4.78, 5) is 22.3. The lowest BCUT2D eigenvalue weighted by atomic mass is 9.98. The van der Waals surface area contributed by atoms with Gasteiger partial charge in [0.25, 0.3) is 0 Å². The van der Waals surface area contributed by atoms with Crippen molar-refractivity contribution < 1.29 is 19.1 Å². The van der Waals surface area contributed by atoms with Crippen molar-refractivity contribution in [2.75, 3.05) is 29.7 Å². The number of rotatable bonds is 23. The second kappa shape index (κ2) is 21.4. The zero-order chi connectivity index (χ0) is 34.7. The molecule has 2 aromatic rings. The molecule has 0 aromatic heterocycles. The molecule has 0 saturated heterocycles. The van der Waals surface area contributed by atoms with E-state index >= 15 is 0 Å². The quantitative estimate of drug-likeness (QED) is 0.0601. The van der Waals surface area contributed by atoms with Gasteiger partial charge in [0, 0.05) is 19.2 Å². The van der Waals surface area contributed by atoms with Gasteiger partial charge in [-0.2, -0.15) is 10.5 Å². The van der Waals surface area contributed by atoms with Crippen LogP contribution in [-0.2, 0) is 4.57 Å². The molecule has 0 radical (unpaired) electrons. The van der Waals surface area contributed by atoms with Crippen LogP contribution in [0.2, 0.25) is 0 Å². The zero-order valence-electron chi connectivity index (χ0n) is 29.0. The topological polar surface area (TPSA) is 154 Å². The molecule has 47 heavy (non-hydrogen) atoms. The molecule has 0 bridgehead atoms. The first-order valence-corrected chi connectivity index (χ1v) is 19.0. The summed E-state index contributed by atoms with van der Waals surface area (Å²) in [5.41, 5.74) is 1.79. The summed E-state index contributed by atoms with van der Waals surface area (Å²) in [6.45, 7) is 13.1. The third-order valence-corrected chi connectivity index (χ3v) is 9.05. The molecular formula is C36H55N6O4P. The second-order valence-corrected chi connectivity index (χ2v) is 13.6. The molecule has 0 aliphatic heterocycles. The summed E-state index contributed by atoms with van der Waals surface area (Å²) in [6.07, 6.45) is 13.0. The Balaban J connectivity index is 2.73. The van der Waals surface area contributed by atoms with E-state index in [1.807, 2.05) is 12.1 Å². The SMILES string of the molecule is CCCCCCN(CC(CC)CCCC)c1cc(NP(=O)(O)O)c(/N=N/c2ccc(C#N)cc2C#N)cc1OCC(CC)CCCC. The van der Waals surface area contributed by atoms with Gasteiger partial charge in [0.2, 0.25) is 0 Å². The Kier molecular flexibility index (Phi) is 18.1. The lowest BCUT2D eigenvalue weighted by Gasteiger charge is -2.32. The molecular weight excluding hydrogens is 611 g/mol. The minimum Gasteiger partial charge on any atom is -0.491 e. The lowest BCUT2D eigenvalue weighted by Crippen LogP contribution is -2.31. The maximum Gasteiger partial charge on any atom is 0.427 e. The van der Waals surface area contributed by atoms with Gasteiger partial charge in [-0.15, -0.1) is 10.2 Å². The van der Waals surface area contributed by atoms with E-state index in [1.165, 1.54) is 12.1 Å². The van der Waals surface area contributed by atoms with Crippen molar-refractivity contribution >= 4 is 30.5 Å². The summed E-state index contributed by atoms with van der Waals surface area (Å²) in [5, 5.41) is 29.9. The Morgan fingerprint density at radius 2 is 1.51 bits per heavy atom. The van der Waals surface area contributed by atoms with Crippen molar-refractivity contribution in [2.24, 2.45) is 22.1 Å². The first kappa shape index (κ1) is 39.7. The van der Waals surface area contributed by atoms with Crippen LogP contribution in [0.3, 0.4) is 0 Å². The normalized spacial score (nSPS) is 12.8. The fourth-order valence-electron chi connectivity index (χ4n) is 5.51. The Morgan fingerprint density at radius 3 is 2.11 bits per heavy atom. The maximum absolute atomic E-state index is 12.3. The van der Waals surface area contributed by atoms with Crippen LogP contribution >= 0.6 is 7.75 Å². The third-order valence-electron chi connectivity index (χ3n) is 8.52. The monoisotopic (exact) mass is 666 g/mol. The standard InChI is InChI=1S/C36H55N6O4P/c1-6-11-14-15-20-42(26-28(9-4)16-12-7-2)35-22-34(41-47(43,44)45)33(23-36(35)46-27-29(10-5)17-13-8-3)40-39-32-19-18-30(24-37)21-31(32)25-38/h18-19,21-23,28-29H,6-17,20,26-27H2,1-5H3,(H3,41,43,44,45)/b40-39+. The molecule has 0 saturated carbocycles. The van der Waals surface area contributed by atoms with Gasteiger partial charge in [-0.05, 0) is 55.4 Å². The van der Waals surface area contributed by atoms with E-state index in [0.29, 0.717) is 29.8 Å². The van der Waals surface area contributed by atoms with Gasteiger partial charge < -0.3 is 19.4 Å². The number of ether oxygens (including phenoxy) is 1. The van der Waals surface area contributed by atoms with Crippen molar-refractivity contribution in [2.45, 2.75) is 112 Å². The van der Waals surface area contributed by atoms with E-state index < -0.39 is 7.75 Å². The van der Waals surface area contributed by atoms with E-state index in [9.17, 15) is 24.9 Å². The number of nitriles is 2. The highest BCUT2D eigenvalue weighted by Crippen LogP contribution is 2.46. The number of anilines is 2. The number of unbranched alkanes of at least 4 members (excludes halogenated alkanes) is 5. The van der Waals surface area contributed by atoms with Crippen molar-refractivity contribution in [1.82, 2.24) is 0 Å². The van der Waals surface area contributed by atoms with Gasteiger partial charge in [-0.3, -0.25) is 5.09 Å². The van der Waals surface area contributed by atoms with Crippen LogP contribution in [0.25, 0.3) is 0 Å². The Morgan fingerprint density at radius 1 is 0.851 bits per heavy atom. The molecule has 2 rings (SSSR count). The van der Waals surface area contributed by atoms with Crippen molar-refractivity contribution in [3.8, 4) is 17.9 Å². The summed E-state index contributed by atoms with van der Waals surface area (Å²) in [7, 11) is -4.73. The summed E-state index contributed by atoms with van der Waals surface area (Å²) < 4.78 is 18.9. The van der Waals surface area contributed by atoms with Crippen molar-refractivity contribution in [3.05, 3.63) is 41.5 Å². The first-order chi connectivity index (χ1) is 22.6. The molecule has 3 N–H and O–H groups in total. The molecule has 0 aliphatic rings. The van der Waals surface area contributed by atoms with E-state index in [0.717, 1.165) is 95.8 Å². The smallest absolute Gasteiger partial charge is 0.427 e. The fourth-order valence-corrected chi connectivity index (χ4v) is 6.01. The van der Waals surface area contributed by atoms with E-state index in [1.54, 1.807) is 18.2 Å². The summed E-state index contributed by atoms with van der Waals surface area (Å²) in [6, 6.07) is 12.0. The molecule has 0 amide bonds. The molecule has 0 spiro atoms. The highest BCUT2D eigenvalue weighted by molar-refractivity contribution is 7.53. The van der Waals surface area contributed by atoms with Gasteiger partial charge in [0.15, 0.2) is 0 Å². The van der Waals surface area contributed by atoms with Crippen LogP contribution in [0.5, 0.6) is 5.75 Å². The number of nitrogens with zero attached hydrogens (tertiary/aromatic N) is 5. The fraction of sp³-hybridized carbons (Fsp3) is 0.611. The van der Waals surface area contributed by atoms with Crippen LogP contribution in [0, 0.1) is 34.5 Å². The molecule has 258 valence electrons. The Bertz CT molecular complexity index is 1400. The molecule has 0 fully saturated rings. The van der Waals surface area contributed by atoms with Crippen LogP contribution in [0.4, 0.5) is 22.7 Å². The molecule has 11 heteroatoms. The average molecular weight is 667 g/mol. The van der Waals surface area contributed by atoms with Crippen molar-refractivity contribution in [3.63, 3.8) is 0 Å². The van der Waals surface area contributed by atoms with E-state index in [4.69, 9.17) is 4.74 Å². The predicted octanol–water partition coefficient (Wildman–Crippen LogP) is 10.5. The number of azo groups is 1. The molecule has 0 heterocycles. The number of hydrogen-bond donors (Lipinski definition) is 3. The van der Waals surface area contributed by atoms with Gasteiger partial charge in [-0.1, -0.05) is 92.4 Å². The first-order valence-electron chi connectivity index (χ1n) is 17.4. The van der Waals surface area contributed by atoms with Crippen LogP contribution in [0.1, 0.15) is 123 Å². The molecule has 2 atom stereocenters.